The molecule has 1 N–H and O–H groups in total. The Balaban J connectivity index is 1.97. The Kier molecular flexibility index (Phi) is 3.52. The van der Waals surface area contributed by atoms with Crippen LogP contribution in [0.1, 0.15) is 35.3 Å². The fourth-order valence-corrected chi connectivity index (χ4v) is 2.99. The second-order valence-corrected chi connectivity index (χ2v) is 5.96. The normalized spacial score (nSPS) is 21.2. The number of rotatable bonds is 1. The first-order chi connectivity index (χ1) is 9.54. The van der Waals surface area contributed by atoms with Crippen molar-refractivity contribution in [2.45, 2.75) is 25.6 Å². The third-order valence-corrected chi connectivity index (χ3v) is 4.11. The standard InChI is InChI=1S/C16H14BrFO2/c1-9-6-11(18)3-4-12(9)16-8-14(19)13-7-10(17)2-5-15(13)20-16/h2-7,14,16,19H,8H2,1H3/t14-,16?/m0/s1. The summed E-state index contributed by atoms with van der Waals surface area (Å²) in [6.45, 7) is 1.85. The Hall–Kier alpha value is -1.39. The molecule has 0 aromatic heterocycles. The molecule has 0 aliphatic carbocycles. The van der Waals surface area contributed by atoms with Gasteiger partial charge in [0.1, 0.15) is 17.7 Å². The summed E-state index contributed by atoms with van der Waals surface area (Å²) in [6.07, 6.45) is -0.361. The topological polar surface area (TPSA) is 29.5 Å². The summed E-state index contributed by atoms with van der Waals surface area (Å²) >= 11 is 3.39. The lowest BCUT2D eigenvalue weighted by molar-refractivity contribution is 0.0653. The van der Waals surface area contributed by atoms with Crippen molar-refractivity contribution >= 4 is 15.9 Å². The van der Waals surface area contributed by atoms with Gasteiger partial charge in [0, 0.05) is 16.5 Å². The van der Waals surface area contributed by atoms with Gasteiger partial charge >= 0.3 is 0 Å². The van der Waals surface area contributed by atoms with Crippen molar-refractivity contribution in [2.75, 3.05) is 0 Å². The predicted octanol–water partition coefficient (Wildman–Crippen LogP) is 4.45. The summed E-state index contributed by atoms with van der Waals surface area (Å²) in [7, 11) is 0. The van der Waals surface area contributed by atoms with Crippen molar-refractivity contribution in [1.29, 1.82) is 0 Å². The SMILES string of the molecule is Cc1cc(F)ccc1C1C[C@H](O)c2cc(Br)ccc2O1. The van der Waals surface area contributed by atoms with Gasteiger partial charge in [-0.15, -0.1) is 0 Å². The maximum absolute atomic E-state index is 13.2. The zero-order valence-corrected chi connectivity index (χ0v) is 12.5. The second-order valence-electron chi connectivity index (χ2n) is 5.04. The first kappa shape index (κ1) is 13.6. The van der Waals surface area contributed by atoms with Crippen molar-refractivity contribution in [2.24, 2.45) is 0 Å². The third kappa shape index (κ3) is 2.45. The summed E-state index contributed by atoms with van der Waals surface area (Å²) in [6, 6.07) is 10.2. The summed E-state index contributed by atoms with van der Waals surface area (Å²) in [5.74, 6) is 0.424. The minimum Gasteiger partial charge on any atom is -0.485 e. The zero-order valence-electron chi connectivity index (χ0n) is 10.9. The third-order valence-electron chi connectivity index (χ3n) is 3.62. The first-order valence-corrected chi connectivity index (χ1v) is 7.24. The molecule has 3 rings (SSSR count). The fraction of sp³-hybridized carbons (Fsp3) is 0.250. The Morgan fingerprint density at radius 1 is 1.20 bits per heavy atom. The van der Waals surface area contributed by atoms with Crippen LogP contribution in [0, 0.1) is 12.7 Å². The van der Waals surface area contributed by atoms with E-state index in [0.29, 0.717) is 12.2 Å². The highest BCUT2D eigenvalue weighted by Gasteiger charge is 2.29. The molecule has 0 saturated heterocycles. The van der Waals surface area contributed by atoms with Crippen LogP contribution in [0.15, 0.2) is 40.9 Å². The van der Waals surface area contributed by atoms with Crippen molar-refractivity contribution in [3.05, 3.63) is 63.4 Å². The molecule has 2 aromatic carbocycles. The van der Waals surface area contributed by atoms with Crippen LogP contribution in [0.4, 0.5) is 4.39 Å². The maximum Gasteiger partial charge on any atom is 0.127 e. The van der Waals surface area contributed by atoms with E-state index in [1.54, 1.807) is 6.07 Å². The molecule has 104 valence electrons. The molecule has 2 atom stereocenters. The number of benzene rings is 2. The summed E-state index contributed by atoms with van der Waals surface area (Å²) < 4.78 is 20.1. The van der Waals surface area contributed by atoms with E-state index in [1.165, 1.54) is 12.1 Å². The van der Waals surface area contributed by atoms with Gasteiger partial charge in [0.15, 0.2) is 0 Å². The molecule has 0 amide bonds. The highest BCUT2D eigenvalue weighted by molar-refractivity contribution is 9.10. The van der Waals surface area contributed by atoms with E-state index in [9.17, 15) is 9.50 Å². The average molecular weight is 337 g/mol. The van der Waals surface area contributed by atoms with Crippen molar-refractivity contribution in [3.63, 3.8) is 0 Å². The van der Waals surface area contributed by atoms with Crippen LogP contribution in [0.25, 0.3) is 0 Å². The van der Waals surface area contributed by atoms with Crippen LogP contribution in [-0.4, -0.2) is 5.11 Å². The molecular weight excluding hydrogens is 323 g/mol. The smallest absolute Gasteiger partial charge is 0.127 e. The van der Waals surface area contributed by atoms with Gasteiger partial charge in [0.25, 0.3) is 0 Å². The molecular formula is C16H14BrFO2. The molecule has 2 nitrogen and oxygen atoms in total. The summed E-state index contributed by atoms with van der Waals surface area (Å²) in [5.41, 5.74) is 2.54. The number of fused-ring (bicyclic) bond motifs is 1. The molecule has 0 fully saturated rings. The lowest BCUT2D eigenvalue weighted by Crippen LogP contribution is -2.19. The predicted molar refractivity (Wildman–Crippen MR) is 78.2 cm³/mol. The van der Waals surface area contributed by atoms with Crippen LogP contribution in [0.5, 0.6) is 5.75 Å². The first-order valence-electron chi connectivity index (χ1n) is 6.45. The molecule has 1 unspecified atom stereocenters. The highest BCUT2D eigenvalue weighted by atomic mass is 79.9. The van der Waals surface area contributed by atoms with E-state index in [1.807, 2.05) is 25.1 Å². The maximum atomic E-state index is 13.2. The Morgan fingerprint density at radius 3 is 2.75 bits per heavy atom. The second kappa shape index (κ2) is 5.19. The van der Waals surface area contributed by atoms with Gasteiger partial charge in [-0.1, -0.05) is 22.0 Å². The largest absolute Gasteiger partial charge is 0.485 e. The van der Waals surface area contributed by atoms with Gasteiger partial charge in [0.05, 0.1) is 6.10 Å². The van der Waals surface area contributed by atoms with E-state index in [-0.39, 0.29) is 11.9 Å². The zero-order chi connectivity index (χ0) is 14.3. The number of ether oxygens (including phenoxy) is 1. The van der Waals surface area contributed by atoms with E-state index in [2.05, 4.69) is 15.9 Å². The molecule has 20 heavy (non-hydrogen) atoms. The van der Waals surface area contributed by atoms with Gasteiger partial charge in [-0.05, 0) is 48.4 Å². The van der Waals surface area contributed by atoms with Crippen molar-refractivity contribution in [3.8, 4) is 5.75 Å². The number of halogens is 2. The number of aliphatic hydroxyl groups excluding tert-OH is 1. The van der Waals surface area contributed by atoms with Gasteiger partial charge in [-0.25, -0.2) is 4.39 Å². The van der Waals surface area contributed by atoms with Gasteiger partial charge in [0.2, 0.25) is 0 Å². The van der Waals surface area contributed by atoms with E-state index < -0.39 is 6.10 Å². The van der Waals surface area contributed by atoms with Crippen molar-refractivity contribution < 1.29 is 14.2 Å². The Labute approximate surface area is 125 Å². The number of hydrogen-bond donors (Lipinski definition) is 1. The Morgan fingerprint density at radius 2 is 2.00 bits per heavy atom. The molecule has 1 aliphatic heterocycles. The lowest BCUT2D eigenvalue weighted by atomic mass is 9.93. The molecule has 4 heteroatoms. The van der Waals surface area contributed by atoms with E-state index in [0.717, 1.165) is 21.2 Å². The number of aliphatic hydroxyl groups is 1. The van der Waals surface area contributed by atoms with Crippen LogP contribution >= 0.6 is 15.9 Å². The van der Waals surface area contributed by atoms with Crippen LogP contribution in [0.3, 0.4) is 0 Å². The van der Waals surface area contributed by atoms with E-state index >= 15 is 0 Å². The molecule has 1 aliphatic rings. The molecule has 0 radical (unpaired) electrons. The molecule has 0 bridgehead atoms. The molecule has 2 aromatic rings. The van der Waals surface area contributed by atoms with Crippen LogP contribution in [0.2, 0.25) is 0 Å². The van der Waals surface area contributed by atoms with Crippen molar-refractivity contribution in [1.82, 2.24) is 0 Å². The molecule has 0 spiro atoms. The fourth-order valence-electron chi connectivity index (χ4n) is 2.61. The summed E-state index contributed by atoms with van der Waals surface area (Å²) in [4.78, 5) is 0. The minimum atomic E-state index is -0.578. The van der Waals surface area contributed by atoms with E-state index in [4.69, 9.17) is 4.74 Å². The van der Waals surface area contributed by atoms with Gasteiger partial charge in [-0.2, -0.15) is 0 Å². The van der Waals surface area contributed by atoms with Gasteiger partial charge in [-0.3, -0.25) is 0 Å². The number of hydrogen-bond acceptors (Lipinski definition) is 2. The Bertz CT molecular complexity index is 657. The summed E-state index contributed by atoms with van der Waals surface area (Å²) in [5, 5.41) is 10.3. The quantitative estimate of drug-likeness (QED) is 0.833. The van der Waals surface area contributed by atoms with Crippen LogP contribution in [-0.2, 0) is 0 Å². The minimum absolute atomic E-state index is 0.251. The highest BCUT2D eigenvalue weighted by Crippen LogP contribution is 2.42. The molecule has 0 saturated carbocycles. The monoisotopic (exact) mass is 336 g/mol. The van der Waals surface area contributed by atoms with Crippen LogP contribution < -0.4 is 4.74 Å². The lowest BCUT2D eigenvalue weighted by Gasteiger charge is -2.30. The average Bonchev–Trinajstić information content (AvgIpc) is 2.39. The molecule has 1 heterocycles. The van der Waals surface area contributed by atoms with Gasteiger partial charge < -0.3 is 9.84 Å². The number of aryl methyl sites for hydroxylation is 1.